The van der Waals surface area contributed by atoms with E-state index in [1.54, 1.807) is 48.5 Å². The largest absolute Gasteiger partial charge is 0.493 e. The molecule has 2 aromatic carbocycles. The summed E-state index contributed by atoms with van der Waals surface area (Å²) < 4.78 is 37.9. The standard InChI is InChI=1S/C21H25N3O5S/c1-16(2)29-19-10-8-17(9-11-19)24-30(26,27)15-21(25)23-18-6-5-7-20(14-18)28-13-4-3-12-22/h5-11,14,16,24H,3-4,13,15H2,1-2H3,(H,23,25). The topological polar surface area (TPSA) is 118 Å². The summed E-state index contributed by atoms with van der Waals surface area (Å²) in [6, 6.07) is 15.1. The van der Waals surface area contributed by atoms with Crippen molar-refractivity contribution in [1.29, 1.82) is 5.26 Å². The zero-order valence-electron chi connectivity index (χ0n) is 16.9. The molecule has 0 saturated carbocycles. The maximum Gasteiger partial charge on any atom is 0.241 e. The Hall–Kier alpha value is -3.25. The van der Waals surface area contributed by atoms with Gasteiger partial charge in [0.2, 0.25) is 15.9 Å². The van der Waals surface area contributed by atoms with Crippen molar-refractivity contribution < 1.29 is 22.7 Å². The highest BCUT2D eigenvalue weighted by Crippen LogP contribution is 2.19. The molecule has 0 aromatic heterocycles. The van der Waals surface area contributed by atoms with Gasteiger partial charge >= 0.3 is 0 Å². The molecule has 0 saturated heterocycles. The first-order valence-corrected chi connectivity index (χ1v) is 11.1. The lowest BCUT2D eigenvalue weighted by molar-refractivity contribution is -0.113. The molecule has 1 amide bonds. The molecule has 2 aromatic rings. The molecule has 0 bridgehead atoms. The number of sulfonamides is 1. The lowest BCUT2D eigenvalue weighted by Gasteiger charge is -2.12. The maximum atomic E-state index is 12.3. The minimum absolute atomic E-state index is 0.0117. The zero-order chi connectivity index (χ0) is 22.0. The van der Waals surface area contributed by atoms with E-state index in [9.17, 15) is 13.2 Å². The van der Waals surface area contributed by atoms with E-state index < -0.39 is 21.7 Å². The molecule has 30 heavy (non-hydrogen) atoms. The third kappa shape index (κ3) is 8.41. The Morgan fingerprint density at radius 2 is 1.83 bits per heavy atom. The van der Waals surface area contributed by atoms with E-state index in [-0.39, 0.29) is 6.10 Å². The zero-order valence-corrected chi connectivity index (χ0v) is 17.7. The summed E-state index contributed by atoms with van der Waals surface area (Å²) in [6.45, 7) is 4.17. The van der Waals surface area contributed by atoms with Crippen molar-refractivity contribution in [3.05, 3.63) is 48.5 Å². The lowest BCUT2D eigenvalue weighted by atomic mass is 10.3. The minimum atomic E-state index is -3.89. The summed E-state index contributed by atoms with van der Waals surface area (Å²) in [5.41, 5.74) is 0.759. The highest BCUT2D eigenvalue weighted by Gasteiger charge is 2.17. The maximum absolute atomic E-state index is 12.3. The fraction of sp³-hybridized carbons (Fsp3) is 0.333. The molecule has 0 fully saturated rings. The molecule has 2 rings (SSSR count). The normalized spacial score (nSPS) is 10.9. The Balaban J connectivity index is 1.89. The second kappa shape index (κ2) is 11.1. The summed E-state index contributed by atoms with van der Waals surface area (Å²) in [6.07, 6.45) is 1.01. The average molecular weight is 432 g/mol. The number of nitriles is 1. The van der Waals surface area contributed by atoms with Gasteiger partial charge in [0, 0.05) is 23.9 Å². The van der Waals surface area contributed by atoms with Gasteiger partial charge in [-0.25, -0.2) is 8.42 Å². The van der Waals surface area contributed by atoms with Crippen molar-refractivity contribution in [2.75, 3.05) is 22.4 Å². The van der Waals surface area contributed by atoms with Gasteiger partial charge < -0.3 is 14.8 Å². The number of ether oxygens (including phenoxy) is 2. The number of carbonyl (C=O) groups is 1. The van der Waals surface area contributed by atoms with Crippen LogP contribution in [0.3, 0.4) is 0 Å². The van der Waals surface area contributed by atoms with Crippen molar-refractivity contribution >= 4 is 27.3 Å². The van der Waals surface area contributed by atoms with Crippen LogP contribution >= 0.6 is 0 Å². The van der Waals surface area contributed by atoms with Gasteiger partial charge in [0.15, 0.2) is 0 Å². The van der Waals surface area contributed by atoms with E-state index in [0.717, 1.165) is 0 Å². The molecule has 0 aliphatic carbocycles. The Bertz CT molecular complexity index is 982. The lowest BCUT2D eigenvalue weighted by Crippen LogP contribution is -2.27. The number of anilines is 2. The molecule has 0 aliphatic heterocycles. The highest BCUT2D eigenvalue weighted by molar-refractivity contribution is 7.93. The van der Waals surface area contributed by atoms with Gasteiger partial charge in [-0.1, -0.05) is 6.07 Å². The average Bonchev–Trinajstić information content (AvgIpc) is 2.66. The quantitative estimate of drug-likeness (QED) is 0.526. The van der Waals surface area contributed by atoms with Crippen LogP contribution in [0, 0.1) is 11.3 Å². The van der Waals surface area contributed by atoms with E-state index in [1.807, 2.05) is 19.9 Å². The predicted molar refractivity (Wildman–Crippen MR) is 115 cm³/mol. The summed E-state index contributed by atoms with van der Waals surface area (Å²) >= 11 is 0. The second-order valence-corrected chi connectivity index (χ2v) is 8.46. The summed E-state index contributed by atoms with van der Waals surface area (Å²) in [7, 11) is -3.89. The Morgan fingerprint density at radius 3 is 2.50 bits per heavy atom. The van der Waals surface area contributed by atoms with Gasteiger partial charge in [0.1, 0.15) is 17.3 Å². The highest BCUT2D eigenvalue weighted by atomic mass is 32.2. The third-order valence-electron chi connectivity index (χ3n) is 3.64. The molecule has 0 radical (unpaired) electrons. The van der Waals surface area contributed by atoms with E-state index in [2.05, 4.69) is 10.0 Å². The number of unbranched alkanes of at least 4 members (excludes halogenated alkanes) is 1. The first-order chi connectivity index (χ1) is 14.3. The number of rotatable bonds is 11. The van der Waals surface area contributed by atoms with Gasteiger partial charge in [-0.05, 0) is 56.7 Å². The van der Waals surface area contributed by atoms with E-state index in [4.69, 9.17) is 14.7 Å². The molecular formula is C21H25N3O5S. The van der Waals surface area contributed by atoms with E-state index in [1.165, 1.54) is 0 Å². The second-order valence-electron chi connectivity index (χ2n) is 6.74. The van der Waals surface area contributed by atoms with Crippen molar-refractivity contribution in [2.24, 2.45) is 0 Å². The number of carbonyl (C=O) groups excluding carboxylic acids is 1. The molecule has 0 atom stereocenters. The van der Waals surface area contributed by atoms with Crippen LogP contribution in [0.15, 0.2) is 48.5 Å². The number of hydrogen-bond donors (Lipinski definition) is 2. The Labute approximate surface area is 176 Å². The monoisotopic (exact) mass is 431 g/mol. The molecule has 0 spiro atoms. The van der Waals surface area contributed by atoms with Crippen LogP contribution < -0.4 is 19.5 Å². The van der Waals surface area contributed by atoms with Crippen molar-refractivity contribution in [2.45, 2.75) is 32.8 Å². The number of nitrogens with one attached hydrogen (secondary N) is 2. The molecule has 160 valence electrons. The number of amides is 1. The van der Waals surface area contributed by atoms with Crippen LogP contribution in [-0.4, -0.2) is 32.8 Å². The van der Waals surface area contributed by atoms with Gasteiger partial charge in [-0.2, -0.15) is 5.26 Å². The summed E-state index contributed by atoms with van der Waals surface area (Å²) in [4.78, 5) is 12.2. The summed E-state index contributed by atoms with van der Waals surface area (Å²) in [5, 5.41) is 11.1. The van der Waals surface area contributed by atoms with Crippen LogP contribution in [0.5, 0.6) is 11.5 Å². The number of hydrogen-bond acceptors (Lipinski definition) is 6. The number of nitrogens with zero attached hydrogens (tertiary/aromatic N) is 1. The first kappa shape index (κ1) is 23.0. The number of benzene rings is 2. The third-order valence-corrected chi connectivity index (χ3v) is 4.83. The van der Waals surface area contributed by atoms with Gasteiger partial charge in [-0.15, -0.1) is 0 Å². The van der Waals surface area contributed by atoms with E-state index >= 15 is 0 Å². The Morgan fingerprint density at radius 1 is 1.10 bits per heavy atom. The fourth-order valence-electron chi connectivity index (χ4n) is 2.46. The fourth-order valence-corrected chi connectivity index (χ4v) is 3.45. The van der Waals surface area contributed by atoms with Gasteiger partial charge in [0.25, 0.3) is 0 Å². The smallest absolute Gasteiger partial charge is 0.241 e. The molecule has 8 nitrogen and oxygen atoms in total. The predicted octanol–water partition coefficient (Wildman–Crippen LogP) is 3.54. The molecule has 0 heterocycles. The Kier molecular flexibility index (Phi) is 8.50. The van der Waals surface area contributed by atoms with Crippen LogP contribution in [-0.2, 0) is 14.8 Å². The molecule has 0 unspecified atom stereocenters. The van der Waals surface area contributed by atoms with Gasteiger partial charge in [-0.3, -0.25) is 9.52 Å². The van der Waals surface area contributed by atoms with Crippen molar-refractivity contribution in [3.63, 3.8) is 0 Å². The SMILES string of the molecule is CC(C)Oc1ccc(NS(=O)(=O)CC(=O)Nc2cccc(OCCCC#N)c2)cc1. The molecular weight excluding hydrogens is 406 g/mol. The minimum Gasteiger partial charge on any atom is -0.493 e. The molecule has 0 aliphatic rings. The van der Waals surface area contributed by atoms with Gasteiger partial charge in [0.05, 0.1) is 18.8 Å². The molecule has 2 N–H and O–H groups in total. The van der Waals surface area contributed by atoms with Crippen molar-refractivity contribution in [3.8, 4) is 17.6 Å². The van der Waals surface area contributed by atoms with Crippen LogP contribution in [0.1, 0.15) is 26.7 Å². The summed E-state index contributed by atoms with van der Waals surface area (Å²) in [5.74, 6) is -0.260. The van der Waals surface area contributed by atoms with Crippen LogP contribution in [0.2, 0.25) is 0 Å². The first-order valence-electron chi connectivity index (χ1n) is 9.44. The van der Waals surface area contributed by atoms with Crippen molar-refractivity contribution in [1.82, 2.24) is 0 Å². The van der Waals surface area contributed by atoms with Crippen LogP contribution in [0.4, 0.5) is 11.4 Å². The molecule has 9 heteroatoms. The van der Waals surface area contributed by atoms with E-state index in [0.29, 0.717) is 42.3 Å². The van der Waals surface area contributed by atoms with Crippen LogP contribution in [0.25, 0.3) is 0 Å².